The van der Waals surface area contributed by atoms with E-state index >= 15 is 0 Å². The number of nitrogens with one attached hydrogen (secondary N) is 1. The summed E-state index contributed by atoms with van der Waals surface area (Å²) in [4.78, 5) is 2.74. The summed E-state index contributed by atoms with van der Waals surface area (Å²) in [6, 6.07) is 1.54. The molecule has 2 atom stereocenters. The molecule has 1 aliphatic carbocycles. The summed E-state index contributed by atoms with van der Waals surface area (Å²) in [6.45, 7) is 10.9. The van der Waals surface area contributed by atoms with Gasteiger partial charge in [0.05, 0.1) is 0 Å². The second-order valence-electron chi connectivity index (χ2n) is 6.26. The molecule has 88 valence electrons. The van der Waals surface area contributed by atoms with Gasteiger partial charge in [0.2, 0.25) is 0 Å². The predicted octanol–water partition coefficient (Wildman–Crippen LogP) is 2.25. The second kappa shape index (κ2) is 4.42. The van der Waals surface area contributed by atoms with Crippen molar-refractivity contribution in [2.24, 2.45) is 5.41 Å². The smallest absolute Gasteiger partial charge is 0.0166 e. The molecule has 15 heavy (non-hydrogen) atoms. The van der Waals surface area contributed by atoms with Crippen LogP contribution in [0.25, 0.3) is 0 Å². The molecule has 2 nitrogen and oxygen atoms in total. The Labute approximate surface area is 94.4 Å². The van der Waals surface area contributed by atoms with Crippen LogP contribution in [0.5, 0.6) is 0 Å². The molecule has 0 amide bonds. The van der Waals surface area contributed by atoms with Gasteiger partial charge in [-0.1, -0.05) is 13.8 Å². The SMILES string of the molecule is CC1CN(C2CCC(C)(C)C2)CCCN1. The summed E-state index contributed by atoms with van der Waals surface area (Å²) in [5.74, 6) is 0. The quantitative estimate of drug-likeness (QED) is 0.714. The Morgan fingerprint density at radius 3 is 2.80 bits per heavy atom. The van der Waals surface area contributed by atoms with E-state index in [0.29, 0.717) is 11.5 Å². The Morgan fingerprint density at radius 1 is 1.33 bits per heavy atom. The second-order valence-corrected chi connectivity index (χ2v) is 6.26. The van der Waals surface area contributed by atoms with Crippen molar-refractivity contribution in [2.45, 2.75) is 58.5 Å². The Hall–Kier alpha value is -0.0800. The highest BCUT2D eigenvalue weighted by molar-refractivity contribution is 4.89. The first kappa shape index (κ1) is 11.4. The van der Waals surface area contributed by atoms with Crippen LogP contribution in [-0.2, 0) is 0 Å². The first-order valence-corrected chi connectivity index (χ1v) is 6.54. The van der Waals surface area contributed by atoms with Crippen LogP contribution in [0.15, 0.2) is 0 Å². The molecule has 0 spiro atoms. The van der Waals surface area contributed by atoms with E-state index in [0.717, 1.165) is 6.04 Å². The van der Waals surface area contributed by atoms with E-state index in [1.165, 1.54) is 45.3 Å². The van der Waals surface area contributed by atoms with Crippen LogP contribution in [0.4, 0.5) is 0 Å². The fourth-order valence-corrected chi connectivity index (χ4v) is 3.18. The van der Waals surface area contributed by atoms with Gasteiger partial charge in [-0.25, -0.2) is 0 Å². The molecule has 1 N–H and O–H groups in total. The summed E-state index contributed by atoms with van der Waals surface area (Å²) in [6.07, 6.45) is 5.55. The average molecular weight is 210 g/mol. The molecule has 2 fully saturated rings. The van der Waals surface area contributed by atoms with Crippen molar-refractivity contribution in [1.29, 1.82) is 0 Å². The van der Waals surface area contributed by atoms with Crippen LogP contribution in [0.1, 0.15) is 46.5 Å². The summed E-state index contributed by atoms with van der Waals surface area (Å²) in [5, 5.41) is 3.58. The van der Waals surface area contributed by atoms with Gasteiger partial charge in [-0.2, -0.15) is 0 Å². The topological polar surface area (TPSA) is 15.3 Å². The van der Waals surface area contributed by atoms with Gasteiger partial charge in [0.25, 0.3) is 0 Å². The summed E-state index contributed by atoms with van der Waals surface area (Å²) < 4.78 is 0. The first-order chi connectivity index (χ1) is 7.07. The van der Waals surface area contributed by atoms with Crippen LogP contribution >= 0.6 is 0 Å². The van der Waals surface area contributed by atoms with Crippen molar-refractivity contribution < 1.29 is 0 Å². The van der Waals surface area contributed by atoms with Crippen molar-refractivity contribution in [2.75, 3.05) is 19.6 Å². The van der Waals surface area contributed by atoms with Crippen molar-refractivity contribution >= 4 is 0 Å². The summed E-state index contributed by atoms with van der Waals surface area (Å²) in [7, 11) is 0. The maximum Gasteiger partial charge on any atom is 0.0166 e. The third-order valence-electron chi connectivity index (χ3n) is 4.08. The molecule has 1 saturated carbocycles. The highest BCUT2D eigenvalue weighted by atomic mass is 15.2. The third-order valence-corrected chi connectivity index (χ3v) is 4.08. The van der Waals surface area contributed by atoms with Gasteiger partial charge in [0.15, 0.2) is 0 Å². The minimum atomic E-state index is 0.591. The fraction of sp³-hybridized carbons (Fsp3) is 1.00. The lowest BCUT2D eigenvalue weighted by Crippen LogP contribution is -2.40. The predicted molar refractivity (Wildman–Crippen MR) is 65.1 cm³/mol. The molecular weight excluding hydrogens is 184 g/mol. The fourth-order valence-electron chi connectivity index (χ4n) is 3.18. The molecule has 0 radical (unpaired) electrons. The van der Waals surface area contributed by atoms with E-state index in [1.54, 1.807) is 0 Å². The van der Waals surface area contributed by atoms with E-state index in [2.05, 4.69) is 31.0 Å². The van der Waals surface area contributed by atoms with E-state index in [4.69, 9.17) is 0 Å². The zero-order valence-electron chi connectivity index (χ0n) is 10.6. The summed E-state index contributed by atoms with van der Waals surface area (Å²) >= 11 is 0. The zero-order chi connectivity index (χ0) is 10.9. The molecule has 0 aromatic rings. The maximum atomic E-state index is 3.58. The molecular formula is C13H26N2. The van der Waals surface area contributed by atoms with Gasteiger partial charge < -0.3 is 5.32 Å². The number of hydrogen-bond donors (Lipinski definition) is 1. The highest BCUT2D eigenvalue weighted by Gasteiger charge is 2.34. The molecule has 1 aliphatic heterocycles. The standard InChI is InChI=1S/C13H26N2/c1-11-10-15(8-4-7-14-11)12-5-6-13(2,3)9-12/h11-12,14H,4-10H2,1-3H3. The molecule has 2 heteroatoms. The molecule has 0 aromatic heterocycles. The largest absolute Gasteiger partial charge is 0.313 e. The Kier molecular flexibility index (Phi) is 3.36. The van der Waals surface area contributed by atoms with E-state index in [9.17, 15) is 0 Å². The zero-order valence-corrected chi connectivity index (χ0v) is 10.6. The molecule has 0 aromatic carbocycles. The molecule has 1 heterocycles. The molecule has 1 saturated heterocycles. The minimum Gasteiger partial charge on any atom is -0.313 e. The van der Waals surface area contributed by atoms with Crippen LogP contribution in [0.2, 0.25) is 0 Å². The van der Waals surface area contributed by atoms with Crippen LogP contribution in [0.3, 0.4) is 0 Å². The first-order valence-electron chi connectivity index (χ1n) is 6.54. The van der Waals surface area contributed by atoms with Crippen molar-refractivity contribution in [1.82, 2.24) is 10.2 Å². The van der Waals surface area contributed by atoms with Gasteiger partial charge in [-0.15, -0.1) is 0 Å². The number of rotatable bonds is 1. The lowest BCUT2D eigenvalue weighted by molar-refractivity contribution is 0.186. The van der Waals surface area contributed by atoms with Crippen molar-refractivity contribution in [3.63, 3.8) is 0 Å². The van der Waals surface area contributed by atoms with Gasteiger partial charge in [-0.3, -0.25) is 4.90 Å². The van der Waals surface area contributed by atoms with Gasteiger partial charge >= 0.3 is 0 Å². The monoisotopic (exact) mass is 210 g/mol. The van der Waals surface area contributed by atoms with E-state index in [1.807, 2.05) is 0 Å². The molecule has 2 unspecified atom stereocenters. The van der Waals surface area contributed by atoms with Crippen molar-refractivity contribution in [3.8, 4) is 0 Å². The normalized spacial score (nSPS) is 37.8. The summed E-state index contributed by atoms with van der Waals surface area (Å²) in [5.41, 5.74) is 0.591. The molecule has 2 aliphatic rings. The lowest BCUT2D eigenvalue weighted by Gasteiger charge is -2.30. The van der Waals surface area contributed by atoms with Crippen molar-refractivity contribution in [3.05, 3.63) is 0 Å². The number of hydrogen-bond acceptors (Lipinski definition) is 2. The van der Waals surface area contributed by atoms with Gasteiger partial charge in [-0.05, 0) is 51.1 Å². The number of nitrogens with zero attached hydrogens (tertiary/aromatic N) is 1. The van der Waals surface area contributed by atoms with E-state index in [-0.39, 0.29) is 0 Å². The molecule has 0 bridgehead atoms. The Morgan fingerprint density at radius 2 is 2.13 bits per heavy atom. The van der Waals surface area contributed by atoms with Gasteiger partial charge in [0.1, 0.15) is 0 Å². The van der Waals surface area contributed by atoms with Crippen LogP contribution in [0, 0.1) is 5.41 Å². The van der Waals surface area contributed by atoms with E-state index < -0.39 is 0 Å². The van der Waals surface area contributed by atoms with Crippen LogP contribution < -0.4 is 5.32 Å². The third kappa shape index (κ3) is 2.94. The molecule has 2 rings (SSSR count). The highest BCUT2D eigenvalue weighted by Crippen LogP contribution is 2.39. The van der Waals surface area contributed by atoms with Gasteiger partial charge in [0, 0.05) is 18.6 Å². The Bertz CT molecular complexity index is 213. The minimum absolute atomic E-state index is 0.591. The Balaban J connectivity index is 1.92. The maximum absolute atomic E-state index is 3.58. The average Bonchev–Trinajstić information content (AvgIpc) is 2.39. The van der Waals surface area contributed by atoms with Crippen LogP contribution in [-0.4, -0.2) is 36.6 Å². The lowest BCUT2D eigenvalue weighted by atomic mass is 9.91.